The van der Waals surface area contributed by atoms with Gasteiger partial charge in [0.2, 0.25) is 0 Å². The molecule has 3 N–H and O–H groups in total. The van der Waals surface area contributed by atoms with Crippen LogP contribution in [0, 0.1) is 0 Å². The minimum atomic E-state index is 0.613. The first-order chi connectivity index (χ1) is 8.77. The molecule has 1 aromatic carbocycles. The molecule has 0 fully saturated rings. The van der Waals surface area contributed by atoms with Gasteiger partial charge < -0.3 is 20.5 Å². The molecule has 2 aromatic rings. The third-order valence-corrected chi connectivity index (χ3v) is 2.74. The fourth-order valence-electron chi connectivity index (χ4n) is 1.88. The van der Waals surface area contributed by atoms with Gasteiger partial charge in [0.1, 0.15) is 11.6 Å². The van der Waals surface area contributed by atoms with Crippen molar-refractivity contribution in [2.45, 2.75) is 0 Å². The predicted molar refractivity (Wildman–Crippen MR) is 73.1 cm³/mol. The Morgan fingerprint density at radius 1 is 1.28 bits per heavy atom. The zero-order valence-corrected chi connectivity index (χ0v) is 10.6. The largest absolute Gasteiger partial charge is 0.496 e. The van der Waals surface area contributed by atoms with Gasteiger partial charge in [-0.1, -0.05) is 0 Å². The highest BCUT2D eigenvalue weighted by atomic mass is 16.5. The summed E-state index contributed by atoms with van der Waals surface area (Å²) >= 11 is 0. The summed E-state index contributed by atoms with van der Waals surface area (Å²) in [5.74, 6) is 1.54. The maximum Gasteiger partial charge on any atom is 0.136 e. The number of pyridine rings is 1. The Bertz CT molecular complexity index is 543. The van der Waals surface area contributed by atoms with E-state index < -0.39 is 0 Å². The molecule has 0 saturated carbocycles. The maximum absolute atomic E-state index is 6.02. The van der Waals surface area contributed by atoms with Crippen molar-refractivity contribution in [2.75, 3.05) is 38.4 Å². The molecule has 0 aliphatic heterocycles. The van der Waals surface area contributed by atoms with E-state index in [0.717, 1.165) is 22.3 Å². The second kappa shape index (κ2) is 5.55. The van der Waals surface area contributed by atoms with Crippen molar-refractivity contribution in [2.24, 2.45) is 0 Å². The Kier molecular flexibility index (Phi) is 3.84. The molecular weight excluding hydrogens is 230 g/mol. The number of aromatic nitrogens is 1. The molecule has 5 nitrogen and oxygen atoms in total. The van der Waals surface area contributed by atoms with Crippen LogP contribution in [0.2, 0.25) is 0 Å². The molecule has 1 heterocycles. The molecule has 0 amide bonds. The van der Waals surface area contributed by atoms with Crippen LogP contribution in [0.5, 0.6) is 5.75 Å². The van der Waals surface area contributed by atoms with Gasteiger partial charge in [0, 0.05) is 30.9 Å². The molecule has 0 radical (unpaired) electrons. The standard InChI is InChI=1S/C13H17N3O2/c1-17-8-7-16-13-12-9(5-6-15-13)11(18-2)4-3-10(12)14/h3-6H,7-8,14H2,1-2H3,(H,15,16). The number of nitrogens with two attached hydrogens (primary N) is 1. The van der Waals surface area contributed by atoms with E-state index in [2.05, 4.69) is 10.3 Å². The van der Waals surface area contributed by atoms with Crippen molar-refractivity contribution in [3.63, 3.8) is 0 Å². The summed E-state index contributed by atoms with van der Waals surface area (Å²) in [6, 6.07) is 5.58. The first-order valence-electron chi connectivity index (χ1n) is 5.72. The minimum Gasteiger partial charge on any atom is -0.496 e. The average Bonchev–Trinajstić information content (AvgIpc) is 2.39. The average molecular weight is 247 g/mol. The Hall–Kier alpha value is -2.01. The van der Waals surface area contributed by atoms with E-state index in [4.69, 9.17) is 15.2 Å². The van der Waals surface area contributed by atoms with Crippen LogP contribution in [0.3, 0.4) is 0 Å². The molecule has 0 spiro atoms. The number of hydrogen-bond acceptors (Lipinski definition) is 5. The summed E-state index contributed by atoms with van der Waals surface area (Å²) < 4.78 is 10.3. The van der Waals surface area contributed by atoms with Gasteiger partial charge in [-0.2, -0.15) is 0 Å². The predicted octanol–water partition coefficient (Wildman–Crippen LogP) is 1.88. The summed E-state index contributed by atoms with van der Waals surface area (Å²) in [6.45, 7) is 1.29. The molecule has 2 rings (SSSR count). The molecule has 18 heavy (non-hydrogen) atoms. The lowest BCUT2D eigenvalue weighted by molar-refractivity contribution is 0.210. The summed E-state index contributed by atoms with van der Waals surface area (Å²) in [5.41, 5.74) is 6.70. The normalized spacial score (nSPS) is 10.6. The third-order valence-electron chi connectivity index (χ3n) is 2.74. The fraction of sp³-hybridized carbons (Fsp3) is 0.308. The first-order valence-corrected chi connectivity index (χ1v) is 5.72. The fourth-order valence-corrected chi connectivity index (χ4v) is 1.88. The number of hydrogen-bond donors (Lipinski definition) is 2. The Balaban J connectivity index is 2.47. The third kappa shape index (κ3) is 2.31. The number of nitrogens with zero attached hydrogens (tertiary/aromatic N) is 1. The van der Waals surface area contributed by atoms with E-state index >= 15 is 0 Å². The van der Waals surface area contributed by atoms with Crippen molar-refractivity contribution in [3.8, 4) is 5.75 Å². The van der Waals surface area contributed by atoms with E-state index in [1.807, 2.05) is 18.2 Å². The molecule has 5 heteroatoms. The van der Waals surface area contributed by atoms with Crippen molar-refractivity contribution in [1.82, 2.24) is 4.98 Å². The molecular formula is C13H17N3O2. The zero-order chi connectivity index (χ0) is 13.0. The molecule has 0 aliphatic carbocycles. The summed E-state index contributed by atoms with van der Waals surface area (Å²) in [4.78, 5) is 4.31. The van der Waals surface area contributed by atoms with Gasteiger partial charge in [0.15, 0.2) is 0 Å². The Morgan fingerprint density at radius 2 is 2.11 bits per heavy atom. The molecule has 0 saturated heterocycles. The topological polar surface area (TPSA) is 69.4 Å². The lowest BCUT2D eigenvalue weighted by Gasteiger charge is -2.12. The van der Waals surface area contributed by atoms with Crippen molar-refractivity contribution < 1.29 is 9.47 Å². The molecule has 96 valence electrons. The van der Waals surface area contributed by atoms with E-state index in [9.17, 15) is 0 Å². The van der Waals surface area contributed by atoms with Crippen LogP contribution in [0.25, 0.3) is 10.8 Å². The number of anilines is 2. The van der Waals surface area contributed by atoms with Gasteiger partial charge in [0.25, 0.3) is 0 Å². The molecule has 0 unspecified atom stereocenters. The van der Waals surface area contributed by atoms with Crippen LogP contribution in [0.4, 0.5) is 11.5 Å². The van der Waals surface area contributed by atoms with Crippen LogP contribution >= 0.6 is 0 Å². The molecule has 0 atom stereocenters. The SMILES string of the molecule is COCCNc1nccc2c(OC)ccc(N)c12. The molecule has 0 aliphatic rings. The highest BCUT2D eigenvalue weighted by Gasteiger charge is 2.09. The number of rotatable bonds is 5. The monoisotopic (exact) mass is 247 g/mol. The summed E-state index contributed by atoms with van der Waals surface area (Å²) in [7, 11) is 3.30. The van der Waals surface area contributed by atoms with Crippen LogP contribution < -0.4 is 15.8 Å². The zero-order valence-electron chi connectivity index (χ0n) is 10.6. The summed E-state index contributed by atoms with van der Waals surface area (Å²) in [6.07, 6.45) is 1.74. The van der Waals surface area contributed by atoms with Crippen LogP contribution in [-0.2, 0) is 4.74 Å². The van der Waals surface area contributed by atoms with Crippen LogP contribution in [0.1, 0.15) is 0 Å². The first kappa shape index (κ1) is 12.4. The second-order valence-corrected chi connectivity index (χ2v) is 3.86. The van der Waals surface area contributed by atoms with Gasteiger partial charge in [-0.05, 0) is 18.2 Å². The van der Waals surface area contributed by atoms with Crippen LogP contribution in [0.15, 0.2) is 24.4 Å². The van der Waals surface area contributed by atoms with E-state index in [-0.39, 0.29) is 0 Å². The molecule has 0 bridgehead atoms. The Morgan fingerprint density at radius 3 is 2.83 bits per heavy atom. The quantitative estimate of drug-likeness (QED) is 0.623. The molecule has 1 aromatic heterocycles. The van der Waals surface area contributed by atoms with Crippen molar-refractivity contribution in [1.29, 1.82) is 0 Å². The van der Waals surface area contributed by atoms with Crippen LogP contribution in [-0.4, -0.2) is 32.4 Å². The second-order valence-electron chi connectivity index (χ2n) is 3.86. The highest BCUT2D eigenvalue weighted by Crippen LogP contribution is 2.33. The Labute approximate surface area is 106 Å². The van der Waals surface area contributed by atoms with Gasteiger partial charge >= 0.3 is 0 Å². The number of nitrogen functional groups attached to an aromatic ring is 1. The van der Waals surface area contributed by atoms with Crippen molar-refractivity contribution in [3.05, 3.63) is 24.4 Å². The van der Waals surface area contributed by atoms with E-state index in [1.165, 1.54) is 0 Å². The number of nitrogens with one attached hydrogen (secondary N) is 1. The van der Waals surface area contributed by atoms with Gasteiger partial charge in [-0.3, -0.25) is 0 Å². The highest BCUT2D eigenvalue weighted by molar-refractivity contribution is 6.03. The minimum absolute atomic E-state index is 0.613. The number of ether oxygens (including phenoxy) is 2. The van der Waals surface area contributed by atoms with Crippen molar-refractivity contribution >= 4 is 22.3 Å². The number of methoxy groups -OCH3 is 2. The summed E-state index contributed by atoms with van der Waals surface area (Å²) in [5, 5.41) is 5.04. The van der Waals surface area contributed by atoms with E-state index in [0.29, 0.717) is 18.8 Å². The van der Waals surface area contributed by atoms with Gasteiger partial charge in [-0.15, -0.1) is 0 Å². The van der Waals surface area contributed by atoms with Gasteiger partial charge in [-0.25, -0.2) is 4.98 Å². The lowest BCUT2D eigenvalue weighted by atomic mass is 10.1. The number of fused-ring (bicyclic) bond motifs is 1. The number of benzene rings is 1. The smallest absolute Gasteiger partial charge is 0.136 e. The maximum atomic E-state index is 6.02. The van der Waals surface area contributed by atoms with Gasteiger partial charge in [0.05, 0.1) is 19.1 Å². The van der Waals surface area contributed by atoms with E-state index in [1.54, 1.807) is 20.4 Å². The lowest BCUT2D eigenvalue weighted by Crippen LogP contribution is -2.09.